The topological polar surface area (TPSA) is 59.2 Å². The first-order valence-corrected chi connectivity index (χ1v) is 8.55. The zero-order chi connectivity index (χ0) is 15.9. The molecule has 0 radical (unpaired) electrons. The molecular formula is C17H23N3OS. The van der Waals surface area contributed by atoms with Gasteiger partial charge in [-0.25, -0.2) is 4.98 Å². The highest BCUT2D eigenvalue weighted by molar-refractivity contribution is 7.09. The highest BCUT2D eigenvalue weighted by atomic mass is 32.1. The lowest BCUT2D eigenvalue weighted by atomic mass is 10.1. The summed E-state index contributed by atoms with van der Waals surface area (Å²) in [6.07, 6.45) is 2.03. The number of hydrogen-bond donors (Lipinski definition) is 1. The lowest BCUT2D eigenvalue weighted by molar-refractivity contribution is 0.0682. The van der Waals surface area contributed by atoms with Crippen molar-refractivity contribution in [3.63, 3.8) is 0 Å². The molecule has 2 aromatic rings. The second-order valence-corrected chi connectivity index (χ2v) is 6.21. The van der Waals surface area contributed by atoms with E-state index in [0.717, 1.165) is 30.0 Å². The summed E-state index contributed by atoms with van der Waals surface area (Å²) in [4.78, 5) is 19.1. The maximum atomic E-state index is 12.8. The monoisotopic (exact) mass is 317 g/mol. The predicted molar refractivity (Wildman–Crippen MR) is 90.8 cm³/mol. The molecule has 0 saturated carbocycles. The number of amides is 1. The Hall–Kier alpha value is -1.72. The van der Waals surface area contributed by atoms with Gasteiger partial charge in [-0.15, -0.1) is 11.3 Å². The lowest BCUT2D eigenvalue weighted by Gasteiger charge is -2.29. The first-order valence-electron chi connectivity index (χ1n) is 7.67. The molecule has 0 aliphatic rings. The Morgan fingerprint density at radius 3 is 2.68 bits per heavy atom. The Bertz CT molecular complexity index is 597. The van der Waals surface area contributed by atoms with Gasteiger partial charge in [0.1, 0.15) is 10.7 Å². The standard InChI is InChI=1S/C17H23N3OS/c1-3-4-10-20(13(2)14-8-6-5-7-9-14)17(21)15-12-22-16(11-18)19-15/h5-9,12-13H,3-4,10-11,18H2,1-2H3. The van der Waals surface area contributed by atoms with Crippen molar-refractivity contribution in [1.82, 2.24) is 9.88 Å². The molecule has 1 heterocycles. The number of carbonyl (C=O) groups excluding carboxylic acids is 1. The minimum atomic E-state index is -0.0132. The van der Waals surface area contributed by atoms with Crippen LogP contribution in [0.1, 0.15) is 53.8 Å². The van der Waals surface area contributed by atoms with Crippen molar-refractivity contribution in [2.45, 2.75) is 39.3 Å². The molecule has 4 nitrogen and oxygen atoms in total. The van der Waals surface area contributed by atoms with Crippen molar-refractivity contribution in [2.24, 2.45) is 5.73 Å². The van der Waals surface area contributed by atoms with Crippen LogP contribution in [0.5, 0.6) is 0 Å². The van der Waals surface area contributed by atoms with Crippen LogP contribution in [0.15, 0.2) is 35.7 Å². The second-order valence-electron chi connectivity index (χ2n) is 5.27. The van der Waals surface area contributed by atoms with E-state index in [1.165, 1.54) is 11.3 Å². The van der Waals surface area contributed by atoms with Crippen LogP contribution in [0.3, 0.4) is 0 Å². The number of nitrogens with zero attached hydrogens (tertiary/aromatic N) is 2. The van der Waals surface area contributed by atoms with Gasteiger partial charge in [0.25, 0.3) is 5.91 Å². The first-order chi connectivity index (χ1) is 10.7. The second kappa shape index (κ2) is 8.06. The quantitative estimate of drug-likeness (QED) is 0.848. The Balaban J connectivity index is 2.23. The molecule has 1 aromatic heterocycles. The molecule has 2 rings (SSSR count). The number of benzene rings is 1. The summed E-state index contributed by atoms with van der Waals surface area (Å²) < 4.78 is 0. The zero-order valence-electron chi connectivity index (χ0n) is 13.2. The maximum Gasteiger partial charge on any atom is 0.273 e. The highest BCUT2D eigenvalue weighted by Gasteiger charge is 2.24. The zero-order valence-corrected chi connectivity index (χ0v) is 14.0. The van der Waals surface area contributed by atoms with Crippen LogP contribution in [0.2, 0.25) is 0 Å². The van der Waals surface area contributed by atoms with Crippen molar-refractivity contribution in [2.75, 3.05) is 6.54 Å². The highest BCUT2D eigenvalue weighted by Crippen LogP contribution is 2.23. The Labute approximate surface area is 136 Å². The smallest absolute Gasteiger partial charge is 0.273 e. The molecule has 0 spiro atoms. The van der Waals surface area contributed by atoms with Crippen LogP contribution in [0.25, 0.3) is 0 Å². The third-order valence-corrected chi connectivity index (χ3v) is 4.58. The molecule has 5 heteroatoms. The molecular weight excluding hydrogens is 294 g/mol. The molecule has 0 aliphatic heterocycles. The minimum Gasteiger partial charge on any atom is -0.331 e. The Morgan fingerprint density at radius 2 is 2.09 bits per heavy atom. The summed E-state index contributed by atoms with van der Waals surface area (Å²) >= 11 is 1.44. The van der Waals surface area contributed by atoms with E-state index in [1.807, 2.05) is 23.1 Å². The third kappa shape index (κ3) is 3.93. The van der Waals surface area contributed by atoms with Crippen LogP contribution in [0, 0.1) is 0 Å². The summed E-state index contributed by atoms with van der Waals surface area (Å²) in [5.41, 5.74) is 7.24. The van der Waals surface area contributed by atoms with Gasteiger partial charge in [-0.2, -0.15) is 0 Å². The van der Waals surface area contributed by atoms with Crippen LogP contribution in [0.4, 0.5) is 0 Å². The SMILES string of the molecule is CCCCN(C(=O)c1csc(CN)n1)C(C)c1ccccc1. The van der Waals surface area contributed by atoms with E-state index in [1.54, 1.807) is 5.38 Å². The van der Waals surface area contributed by atoms with Gasteiger partial charge in [-0.1, -0.05) is 43.7 Å². The van der Waals surface area contributed by atoms with Gasteiger partial charge in [0.15, 0.2) is 0 Å². The van der Waals surface area contributed by atoms with Crippen molar-refractivity contribution in [3.05, 3.63) is 52.0 Å². The average molecular weight is 317 g/mol. The predicted octanol–water partition coefficient (Wildman–Crippen LogP) is 3.61. The molecule has 0 saturated heterocycles. The van der Waals surface area contributed by atoms with Crippen molar-refractivity contribution >= 4 is 17.2 Å². The fraction of sp³-hybridized carbons (Fsp3) is 0.412. The van der Waals surface area contributed by atoms with Gasteiger partial charge in [-0.3, -0.25) is 4.79 Å². The number of thiazole rings is 1. The third-order valence-electron chi connectivity index (χ3n) is 3.71. The molecule has 1 aromatic carbocycles. The molecule has 1 unspecified atom stereocenters. The van der Waals surface area contributed by atoms with Crippen LogP contribution < -0.4 is 5.73 Å². The van der Waals surface area contributed by atoms with E-state index in [2.05, 4.69) is 31.0 Å². The maximum absolute atomic E-state index is 12.8. The number of unbranched alkanes of at least 4 members (excludes halogenated alkanes) is 1. The summed E-state index contributed by atoms with van der Waals surface area (Å²) in [6.45, 7) is 5.31. The fourth-order valence-electron chi connectivity index (χ4n) is 2.36. The Kier molecular flexibility index (Phi) is 6.10. The van der Waals surface area contributed by atoms with E-state index in [9.17, 15) is 4.79 Å². The van der Waals surface area contributed by atoms with Crippen molar-refractivity contribution < 1.29 is 4.79 Å². The number of nitrogens with two attached hydrogens (primary N) is 1. The van der Waals surface area contributed by atoms with Crippen LogP contribution >= 0.6 is 11.3 Å². The molecule has 2 N–H and O–H groups in total. The molecule has 1 amide bonds. The van der Waals surface area contributed by atoms with Crippen molar-refractivity contribution in [1.29, 1.82) is 0 Å². The number of carbonyl (C=O) groups is 1. The summed E-state index contributed by atoms with van der Waals surface area (Å²) in [6, 6.07) is 10.1. The Morgan fingerprint density at radius 1 is 1.36 bits per heavy atom. The van der Waals surface area contributed by atoms with Gasteiger partial charge < -0.3 is 10.6 Å². The lowest BCUT2D eigenvalue weighted by Crippen LogP contribution is -2.34. The average Bonchev–Trinajstić information content (AvgIpc) is 3.04. The van der Waals surface area contributed by atoms with Gasteiger partial charge >= 0.3 is 0 Å². The largest absolute Gasteiger partial charge is 0.331 e. The van der Waals surface area contributed by atoms with E-state index in [4.69, 9.17) is 5.73 Å². The van der Waals surface area contributed by atoms with E-state index < -0.39 is 0 Å². The fourth-order valence-corrected chi connectivity index (χ4v) is 3.01. The van der Waals surface area contributed by atoms with Crippen LogP contribution in [-0.4, -0.2) is 22.3 Å². The van der Waals surface area contributed by atoms with Crippen LogP contribution in [-0.2, 0) is 6.54 Å². The molecule has 118 valence electrons. The minimum absolute atomic E-state index is 0.0132. The molecule has 22 heavy (non-hydrogen) atoms. The molecule has 0 fully saturated rings. The number of aromatic nitrogens is 1. The van der Waals surface area contributed by atoms with E-state index in [0.29, 0.717) is 12.2 Å². The molecule has 1 atom stereocenters. The first kappa shape index (κ1) is 16.6. The van der Waals surface area contributed by atoms with Gasteiger partial charge in [0.05, 0.1) is 6.04 Å². The molecule has 0 bridgehead atoms. The van der Waals surface area contributed by atoms with Gasteiger partial charge in [-0.05, 0) is 18.9 Å². The molecule has 0 aliphatic carbocycles. The van der Waals surface area contributed by atoms with Gasteiger partial charge in [0, 0.05) is 18.5 Å². The van der Waals surface area contributed by atoms with Crippen molar-refractivity contribution in [3.8, 4) is 0 Å². The van der Waals surface area contributed by atoms with E-state index >= 15 is 0 Å². The summed E-state index contributed by atoms with van der Waals surface area (Å²) in [5, 5.41) is 2.60. The summed E-state index contributed by atoms with van der Waals surface area (Å²) in [7, 11) is 0. The normalized spacial score (nSPS) is 12.1. The number of rotatable bonds is 7. The van der Waals surface area contributed by atoms with Gasteiger partial charge in [0.2, 0.25) is 0 Å². The summed E-state index contributed by atoms with van der Waals surface area (Å²) in [5.74, 6) is -0.0132. The van der Waals surface area contributed by atoms with E-state index in [-0.39, 0.29) is 11.9 Å². The number of hydrogen-bond acceptors (Lipinski definition) is 4.